The van der Waals surface area contributed by atoms with E-state index in [9.17, 15) is 0 Å². The molecule has 1 rings (SSSR count). The molecule has 2 nitrogen and oxygen atoms in total. The lowest BCUT2D eigenvalue weighted by atomic mass is 9.96. The van der Waals surface area contributed by atoms with Gasteiger partial charge in [-0.2, -0.15) is 0 Å². The molecule has 0 spiro atoms. The molecule has 1 aliphatic rings. The fourth-order valence-corrected chi connectivity index (χ4v) is 4.04. The number of thiol groups is 1. The molecule has 0 aromatic carbocycles. The summed E-state index contributed by atoms with van der Waals surface area (Å²) >= 11 is 4.73. The van der Waals surface area contributed by atoms with Crippen LogP contribution in [-0.4, -0.2) is 36.0 Å². The van der Waals surface area contributed by atoms with E-state index in [0.29, 0.717) is 0 Å². The lowest BCUT2D eigenvalue weighted by Crippen LogP contribution is -2.32. The molecule has 0 saturated heterocycles. The Bertz CT molecular complexity index is 160. The maximum Gasteiger partial charge on any atom is 0.0996 e. The Balaban J connectivity index is 2.41. The Hall–Kier alpha value is 0.700. The summed E-state index contributed by atoms with van der Waals surface area (Å²) in [4.78, 5) is 0. The first kappa shape index (κ1) is 12.8. The lowest BCUT2D eigenvalue weighted by molar-refractivity contribution is 0.291. The van der Waals surface area contributed by atoms with Crippen LogP contribution in [0.5, 0.6) is 0 Å². The highest BCUT2D eigenvalue weighted by Crippen LogP contribution is 2.49. The fourth-order valence-electron chi connectivity index (χ4n) is 1.97. The first-order valence-electron chi connectivity index (χ1n) is 5.59. The highest BCUT2D eigenvalue weighted by molar-refractivity contribution is 8.43. The molecule has 4 heteroatoms. The Morgan fingerprint density at radius 1 is 1.21 bits per heavy atom. The molecular weight excluding hydrogens is 211 g/mol. The van der Waals surface area contributed by atoms with Gasteiger partial charge < -0.3 is 0 Å². The van der Waals surface area contributed by atoms with Crippen LogP contribution in [0.4, 0.5) is 0 Å². The van der Waals surface area contributed by atoms with E-state index in [1.807, 2.05) is 0 Å². The van der Waals surface area contributed by atoms with E-state index in [1.165, 1.54) is 32.1 Å². The Morgan fingerprint density at radius 3 is 2.29 bits per heavy atom. The number of rotatable bonds is 4. The summed E-state index contributed by atoms with van der Waals surface area (Å²) in [6.45, 7) is 3.28. The van der Waals surface area contributed by atoms with Gasteiger partial charge in [0.2, 0.25) is 0 Å². The summed E-state index contributed by atoms with van der Waals surface area (Å²) in [6, 6.07) is 0.779. The van der Waals surface area contributed by atoms with E-state index < -0.39 is 0 Å². The van der Waals surface area contributed by atoms with E-state index in [0.717, 1.165) is 12.6 Å². The van der Waals surface area contributed by atoms with Crippen molar-refractivity contribution in [1.29, 1.82) is 0 Å². The molecule has 1 unspecified atom stereocenters. The second-order valence-electron chi connectivity index (χ2n) is 4.11. The molecule has 0 aromatic heterocycles. The second-order valence-corrected chi connectivity index (χ2v) is 7.03. The monoisotopic (exact) mass is 234 g/mol. The SMILES string of the molecule is CCN(C)P(S)N(C)C1CCCCC1. The van der Waals surface area contributed by atoms with E-state index in [1.54, 1.807) is 0 Å². The van der Waals surface area contributed by atoms with Crippen molar-refractivity contribution in [3.63, 3.8) is 0 Å². The molecule has 0 aromatic rings. The van der Waals surface area contributed by atoms with E-state index in [2.05, 4.69) is 30.4 Å². The van der Waals surface area contributed by atoms with Gasteiger partial charge in [0.05, 0.1) is 7.42 Å². The molecule has 0 amide bonds. The van der Waals surface area contributed by atoms with Gasteiger partial charge in [-0.25, -0.2) is 0 Å². The molecule has 1 saturated carbocycles. The average molecular weight is 234 g/mol. The minimum Gasteiger partial charge on any atom is -0.265 e. The van der Waals surface area contributed by atoms with E-state index in [4.69, 9.17) is 12.2 Å². The highest BCUT2D eigenvalue weighted by atomic mass is 32.7. The molecule has 1 atom stereocenters. The zero-order valence-corrected chi connectivity index (χ0v) is 11.4. The zero-order chi connectivity index (χ0) is 10.6. The van der Waals surface area contributed by atoms with E-state index in [-0.39, 0.29) is 7.42 Å². The highest BCUT2D eigenvalue weighted by Gasteiger charge is 2.24. The Kier molecular flexibility index (Phi) is 5.76. The molecule has 0 radical (unpaired) electrons. The van der Waals surface area contributed by atoms with Crippen molar-refractivity contribution in [2.75, 3.05) is 20.6 Å². The van der Waals surface area contributed by atoms with Gasteiger partial charge in [0.15, 0.2) is 0 Å². The maximum absolute atomic E-state index is 4.73. The predicted molar refractivity (Wildman–Crippen MR) is 68.8 cm³/mol. The Morgan fingerprint density at radius 2 is 1.79 bits per heavy atom. The van der Waals surface area contributed by atoms with Crippen LogP contribution in [0.15, 0.2) is 0 Å². The van der Waals surface area contributed by atoms with Crippen molar-refractivity contribution in [3.05, 3.63) is 0 Å². The van der Waals surface area contributed by atoms with Crippen molar-refractivity contribution >= 4 is 19.7 Å². The minimum absolute atomic E-state index is 0.365. The normalized spacial score (nSPS) is 21.9. The van der Waals surface area contributed by atoms with Crippen LogP contribution < -0.4 is 0 Å². The third-order valence-electron chi connectivity index (χ3n) is 3.15. The van der Waals surface area contributed by atoms with Crippen LogP contribution in [0.25, 0.3) is 0 Å². The van der Waals surface area contributed by atoms with Gasteiger partial charge >= 0.3 is 0 Å². The van der Waals surface area contributed by atoms with Crippen LogP contribution in [0, 0.1) is 0 Å². The quantitative estimate of drug-likeness (QED) is 0.588. The molecule has 0 bridgehead atoms. The first-order chi connectivity index (χ1) is 6.66. The molecule has 14 heavy (non-hydrogen) atoms. The average Bonchev–Trinajstić information content (AvgIpc) is 2.27. The molecule has 0 N–H and O–H groups in total. The molecule has 0 heterocycles. The standard InChI is InChI=1S/C10H23N2PS/c1-4-11(2)13(14)12(3)10-8-6-5-7-9-10/h10,14H,4-9H2,1-3H3. The smallest absolute Gasteiger partial charge is 0.0996 e. The van der Waals surface area contributed by atoms with E-state index >= 15 is 0 Å². The summed E-state index contributed by atoms with van der Waals surface area (Å²) in [5, 5.41) is 0. The topological polar surface area (TPSA) is 6.48 Å². The van der Waals surface area contributed by atoms with Gasteiger partial charge in [0, 0.05) is 12.6 Å². The minimum atomic E-state index is -0.365. The van der Waals surface area contributed by atoms with Crippen LogP contribution >= 0.6 is 19.7 Å². The van der Waals surface area contributed by atoms with Crippen molar-refractivity contribution in [2.24, 2.45) is 0 Å². The first-order valence-corrected chi connectivity index (χ1v) is 7.99. The fraction of sp³-hybridized carbons (Fsp3) is 1.00. The third kappa shape index (κ3) is 3.37. The summed E-state index contributed by atoms with van der Waals surface area (Å²) in [5.41, 5.74) is 0. The molecular formula is C10H23N2PS. The van der Waals surface area contributed by atoms with Crippen molar-refractivity contribution in [2.45, 2.75) is 45.1 Å². The second kappa shape index (κ2) is 6.32. The van der Waals surface area contributed by atoms with Gasteiger partial charge in [0.25, 0.3) is 0 Å². The van der Waals surface area contributed by atoms with Gasteiger partial charge in [-0.3, -0.25) is 9.34 Å². The molecule has 84 valence electrons. The summed E-state index contributed by atoms with van der Waals surface area (Å²) in [6.07, 6.45) is 6.98. The van der Waals surface area contributed by atoms with Gasteiger partial charge in [-0.1, -0.05) is 26.2 Å². The lowest BCUT2D eigenvalue weighted by Gasteiger charge is -2.37. The molecule has 1 fully saturated rings. The van der Waals surface area contributed by atoms with Crippen molar-refractivity contribution in [3.8, 4) is 0 Å². The van der Waals surface area contributed by atoms with Crippen molar-refractivity contribution < 1.29 is 0 Å². The molecule has 1 aliphatic carbocycles. The maximum atomic E-state index is 4.73. The van der Waals surface area contributed by atoms with Crippen LogP contribution in [0.2, 0.25) is 0 Å². The summed E-state index contributed by atoms with van der Waals surface area (Å²) < 4.78 is 4.83. The number of hydrogen-bond donors (Lipinski definition) is 1. The van der Waals surface area contributed by atoms with Gasteiger partial charge in [-0.05, 0) is 26.9 Å². The van der Waals surface area contributed by atoms with Gasteiger partial charge in [0.1, 0.15) is 0 Å². The third-order valence-corrected chi connectivity index (χ3v) is 6.70. The number of hydrogen-bond acceptors (Lipinski definition) is 3. The van der Waals surface area contributed by atoms with Crippen molar-refractivity contribution in [1.82, 2.24) is 9.34 Å². The summed E-state index contributed by atoms with van der Waals surface area (Å²) in [7, 11) is 4.04. The van der Waals surface area contributed by atoms with Crippen LogP contribution in [-0.2, 0) is 0 Å². The Labute approximate surface area is 95.1 Å². The zero-order valence-electron chi connectivity index (χ0n) is 9.61. The summed E-state index contributed by atoms with van der Waals surface area (Å²) in [5.74, 6) is 0. The van der Waals surface area contributed by atoms with Gasteiger partial charge in [-0.15, -0.1) is 12.2 Å². The van der Waals surface area contributed by atoms with Crippen LogP contribution in [0.1, 0.15) is 39.0 Å². The largest absolute Gasteiger partial charge is 0.265 e. The number of nitrogens with zero attached hydrogens (tertiary/aromatic N) is 2. The van der Waals surface area contributed by atoms with Crippen LogP contribution in [0.3, 0.4) is 0 Å². The predicted octanol–water partition coefficient (Wildman–Crippen LogP) is 3.36. The molecule has 0 aliphatic heterocycles.